The summed E-state index contributed by atoms with van der Waals surface area (Å²) in [5.74, 6) is -3.36. The molecular formula is C11H7F3O4. The molecule has 0 radical (unpaired) electrons. The number of aldehydes is 1. The standard InChI is InChI=1S/C11H7F3O4/c12-10-7(2-4-9(16)17)6(5-15)1-3-8(10)18-11(13)14/h1-5,11H,(H,16,17)/b4-2+. The van der Waals surface area contributed by atoms with Crippen molar-refractivity contribution in [3.63, 3.8) is 0 Å². The van der Waals surface area contributed by atoms with E-state index in [0.717, 1.165) is 18.2 Å². The Morgan fingerprint density at radius 2 is 2.06 bits per heavy atom. The maximum Gasteiger partial charge on any atom is 0.387 e. The second-order valence-corrected chi connectivity index (χ2v) is 3.05. The number of hydrogen-bond acceptors (Lipinski definition) is 3. The van der Waals surface area contributed by atoms with Crippen LogP contribution in [0.2, 0.25) is 0 Å². The normalized spacial score (nSPS) is 10.9. The van der Waals surface area contributed by atoms with Gasteiger partial charge in [-0.2, -0.15) is 8.78 Å². The minimum Gasteiger partial charge on any atom is -0.478 e. The average molecular weight is 260 g/mol. The molecule has 0 aliphatic carbocycles. The van der Waals surface area contributed by atoms with Gasteiger partial charge in [0.15, 0.2) is 17.9 Å². The van der Waals surface area contributed by atoms with Crippen LogP contribution in [0, 0.1) is 5.82 Å². The topological polar surface area (TPSA) is 63.6 Å². The number of halogens is 3. The van der Waals surface area contributed by atoms with Gasteiger partial charge in [0.05, 0.1) is 0 Å². The molecule has 0 aliphatic heterocycles. The Bertz CT molecular complexity index is 497. The number of carbonyl (C=O) groups is 2. The molecule has 0 bridgehead atoms. The maximum atomic E-state index is 13.7. The van der Waals surface area contributed by atoms with Crippen molar-refractivity contribution in [1.82, 2.24) is 0 Å². The first-order valence-electron chi connectivity index (χ1n) is 4.59. The molecule has 1 rings (SSSR count). The van der Waals surface area contributed by atoms with E-state index in [1.54, 1.807) is 0 Å². The van der Waals surface area contributed by atoms with E-state index >= 15 is 0 Å². The smallest absolute Gasteiger partial charge is 0.387 e. The predicted octanol–water partition coefficient (Wildman–Crippen LogP) is 2.34. The molecule has 0 spiro atoms. The summed E-state index contributed by atoms with van der Waals surface area (Å²) >= 11 is 0. The average Bonchev–Trinajstić information content (AvgIpc) is 2.29. The van der Waals surface area contributed by atoms with Gasteiger partial charge in [0.2, 0.25) is 0 Å². The number of carboxylic acid groups (broad SMARTS) is 1. The van der Waals surface area contributed by atoms with Crippen molar-refractivity contribution in [3.05, 3.63) is 35.2 Å². The fraction of sp³-hybridized carbons (Fsp3) is 0.0909. The highest BCUT2D eigenvalue weighted by molar-refractivity contribution is 5.89. The maximum absolute atomic E-state index is 13.7. The second-order valence-electron chi connectivity index (χ2n) is 3.05. The number of carboxylic acids is 1. The van der Waals surface area contributed by atoms with Gasteiger partial charge in [-0.05, 0) is 18.2 Å². The summed E-state index contributed by atoms with van der Waals surface area (Å²) in [6, 6.07) is 1.92. The van der Waals surface area contributed by atoms with E-state index in [1.165, 1.54) is 0 Å². The number of aliphatic carboxylic acids is 1. The fourth-order valence-corrected chi connectivity index (χ4v) is 1.20. The highest BCUT2D eigenvalue weighted by atomic mass is 19.3. The summed E-state index contributed by atoms with van der Waals surface area (Å²) in [6.45, 7) is -3.22. The SMILES string of the molecule is O=Cc1ccc(OC(F)F)c(F)c1/C=C/C(=O)O. The molecule has 0 saturated carbocycles. The molecule has 1 aromatic carbocycles. The fourth-order valence-electron chi connectivity index (χ4n) is 1.20. The van der Waals surface area contributed by atoms with Gasteiger partial charge >= 0.3 is 12.6 Å². The quantitative estimate of drug-likeness (QED) is 0.652. The molecule has 0 fully saturated rings. The van der Waals surface area contributed by atoms with Gasteiger partial charge in [-0.3, -0.25) is 4.79 Å². The number of ether oxygens (including phenoxy) is 1. The Labute approximate surface area is 99.3 Å². The van der Waals surface area contributed by atoms with Crippen LogP contribution in [-0.4, -0.2) is 24.0 Å². The number of hydrogen-bond donors (Lipinski definition) is 1. The molecule has 96 valence electrons. The molecule has 1 N–H and O–H groups in total. The lowest BCUT2D eigenvalue weighted by Crippen LogP contribution is -2.05. The van der Waals surface area contributed by atoms with Crippen molar-refractivity contribution in [2.24, 2.45) is 0 Å². The Hall–Kier alpha value is -2.31. The van der Waals surface area contributed by atoms with Crippen molar-refractivity contribution in [3.8, 4) is 5.75 Å². The molecule has 7 heteroatoms. The summed E-state index contributed by atoms with van der Waals surface area (Å²) in [5, 5.41) is 8.40. The van der Waals surface area contributed by atoms with Crippen molar-refractivity contribution in [1.29, 1.82) is 0 Å². The Kier molecular flexibility index (Phi) is 4.47. The minimum absolute atomic E-state index is 0.174. The van der Waals surface area contributed by atoms with E-state index in [-0.39, 0.29) is 11.8 Å². The van der Waals surface area contributed by atoms with E-state index < -0.39 is 29.7 Å². The molecular weight excluding hydrogens is 253 g/mol. The lowest BCUT2D eigenvalue weighted by Gasteiger charge is -2.08. The predicted molar refractivity (Wildman–Crippen MR) is 55.1 cm³/mol. The van der Waals surface area contributed by atoms with Crippen LogP contribution < -0.4 is 4.74 Å². The zero-order chi connectivity index (χ0) is 13.7. The van der Waals surface area contributed by atoms with E-state index in [1.807, 2.05) is 0 Å². The van der Waals surface area contributed by atoms with Crippen LogP contribution in [0.25, 0.3) is 6.08 Å². The largest absolute Gasteiger partial charge is 0.478 e. The molecule has 0 amide bonds. The molecule has 1 aromatic rings. The minimum atomic E-state index is -3.22. The van der Waals surface area contributed by atoms with Gasteiger partial charge in [-0.25, -0.2) is 9.18 Å². The van der Waals surface area contributed by atoms with Gasteiger partial charge in [0.1, 0.15) is 0 Å². The Morgan fingerprint density at radius 3 is 2.56 bits per heavy atom. The molecule has 0 saturated heterocycles. The van der Waals surface area contributed by atoms with Crippen LogP contribution in [-0.2, 0) is 4.79 Å². The zero-order valence-electron chi connectivity index (χ0n) is 8.77. The van der Waals surface area contributed by atoms with Gasteiger partial charge in [0, 0.05) is 17.2 Å². The summed E-state index contributed by atoms with van der Waals surface area (Å²) in [7, 11) is 0. The first kappa shape index (κ1) is 13.8. The van der Waals surface area contributed by atoms with Crippen molar-refractivity contribution in [2.75, 3.05) is 0 Å². The van der Waals surface area contributed by atoms with Crippen LogP contribution in [0.5, 0.6) is 5.75 Å². The van der Waals surface area contributed by atoms with Gasteiger partial charge in [-0.1, -0.05) is 0 Å². The number of rotatable bonds is 5. The third-order valence-corrected chi connectivity index (χ3v) is 1.91. The summed E-state index contributed by atoms with van der Waals surface area (Å²) in [5.41, 5.74) is -0.600. The molecule has 18 heavy (non-hydrogen) atoms. The monoisotopic (exact) mass is 260 g/mol. The van der Waals surface area contributed by atoms with Crippen LogP contribution in [0.15, 0.2) is 18.2 Å². The molecule has 0 unspecified atom stereocenters. The number of carbonyl (C=O) groups excluding carboxylic acids is 1. The highest BCUT2D eigenvalue weighted by Gasteiger charge is 2.15. The third kappa shape index (κ3) is 3.34. The van der Waals surface area contributed by atoms with Crippen LogP contribution >= 0.6 is 0 Å². The summed E-state index contributed by atoms with van der Waals surface area (Å²) < 4.78 is 41.5. The Balaban J connectivity index is 3.26. The zero-order valence-corrected chi connectivity index (χ0v) is 8.77. The van der Waals surface area contributed by atoms with E-state index in [0.29, 0.717) is 6.08 Å². The molecule has 0 aliphatic rings. The van der Waals surface area contributed by atoms with Crippen molar-refractivity contribution in [2.45, 2.75) is 6.61 Å². The number of alkyl halides is 2. The second kappa shape index (κ2) is 5.85. The van der Waals surface area contributed by atoms with Crippen LogP contribution in [0.3, 0.4) is 0 Å². The Morgan fingerprint density at radius 1 is 1.39 bits per heavy atom. The van der Waals surface area contributed by atoms with Gasteiger partial charge < -0.3 is 9.84 Å². The highest BCUT2D eigenvalue weighted by Crippen LogP contribution is 2.25. The molecule has 0 atom stereocenters. The lowest BCUT2D eigenvalue weighted by molar-refractivity contribution is -0.131. The first-order chi connectivity index (χ1) is 8.45. The van der Waals surface area contributed by atoms with E-state index in [9.17, 15) is 22.8 Å². The van der Waals surface area contributed by atoms with Crippen LogP contribution in [0.1, 0.15) is 15.9 Å². The van der Waals surface area contributed by atoms with Crippen LogP contribution in [0.4, 0.5) is 13.2 Å². The summed E-state index contributed by atoms with van der Waals surface area (Å²) in [4.78, 5) is 20.9. The molecule has 0 heterocycles. The molecule has 0 aromatic heterocycles. The van der Waals surface area contributed by atoms with Crippen molar-refractivity contribution < 1.29 is 32.6 Å². The van der Waals surface area contributed by atoms with Crippen molar-refractivity contribution >= 4 is 18.3 Å². The first-order valence-corrected chi connectivity index (χ1v) is 4.59. The van der Waals surface area contributed by atoms with E-state index in [2.05, 4.69) is 4.74 Å². The molecule has 4 nitrogen and oxygen atoms in total. The lowest BCUT2D eigenvalue weighted by atomic mass is 10.1. The third-order valence-electron chi connectivity index (χ3n) is 1.91. The number of benzene rings is 1. The summed E-state index contributed by atoms with van der Waals surface area (Å²) in [6.07, 6.45) is 1.65. The van der Waals surface area contributed by atoms with Gasteiger partial charge in [0.25, 0.3) is 0 Å². The van der Waals surface area contributed by atoms with E-state index in [4.69, 9.17) is 5.11 Å². The van der Waals surface area contributed by atoms with Gasteiger partial charge in [-0.15, -0.1) is 0 Å².